The molecular weight excluding hydrogens is 362 g/mol. The zero-order chi connectivity index (χ0) is 15.1. The first-order chi connectivity index (χ1) is 10.7. The Morgan fingerprint density at radius 3 is 2.91 bits per heavy atom. The molecule has 0 fully saturated rings. The van der Waals surface area contributed by atoms with Crippen LogP contribution in [0.15, 0.2) is 23.1 Å². The zero-order valence-electron chi connectivity index (χ0n) is 12.1. The van der Waals surface area contributed by atoms with Gasteiger partial charge in [0.05, 0.1) is 5.39 Å². The average Bonchev–Trinajstić information content (AvgIpc) is 2.89. The van der Waals surface area contributed by atoms with Gasteiger partial charge in [-0.25, -0.2) is 15.0 Å². The minimum Gasteiger partial charge on any atom is -0.435 e. The Kier molecular flexibility index (Phi) is 3.58. The Bertz CT molecular complexity index is 862. The number of pyridine rings is 1. The minimum absolute atomic E-state index is 0.635. The van der Waals surface area contributed by atoms with Crippen molar-refractivity contribution in [3.8, 4) is 11.6 Å². The van der Waals surface area contributed by atoms with Crippen molar-refractivity contribution in [2.45, 2.75) is 32.6 Å². The second-order valence-corrected chi connectivity index (χ2v) is 7.25. The Morgan fingerprint density at radius 2 is 2.05 bits per heavy atom. The van der Waals surface area contributed by atoms with Crippen LogP contribution in [-0.2, 0) is 12.8 Å². The SMILES string of the molecule is Cc1ccc(Oc2ncnc3sc4c(c23)CCCC4)c(Br)n1. The van der Waals surface area contributed by atoms with Gasteiger partial charge in [-0.1, -0.05) is 0 Å². The van der Waals surface area contributed by atoms with E-state index >= 15 is 0 Å². The molecule has 4 nitrogen and oxygen atoms in total. The van der Waals surface area contributed by atoms with Crippen molar-refractivity contribution in [1.82, 2.24) is 15.0 Å². The van der Waals surface area contributed by atoms with Crippen molar-refractivity contribution in [3.63, 3.8) is 0 Å². The van der Waals surface area contributed by atoms with Crippen molar-refractivity contribution < 1.29 is 4.74 Å². The van der Waals surface area contributed by atoms with Gasteiger partial charge in [0, 0.05) is 10.6 Å². The molecule has 4 rings (SSSR count). The van der Waals surface area contributed by atoms with Crippen LogP contribution < -0.4 is 4.74 Å². The lowest BCUT2D eigenvalue weighted by atomic mass is 9.97. The lowest BCUT2D eigenvalue weighted by Crippen LogP contribution is -1.99. The summed E-state index contributed by atoms with van der Waals surface area (Å²) in [7, 11) is 0. The van der Waals surface area contributed by atoms with Gasteiger partial charge in [-0.15, -0.1) is 11.3 Å². The smallest absolute Gasteiger partial charge is 0.231 e. The highest BCUT2D eigenvalue weighted by Crippen LogP contribution is 2.40. The largest absolute Gasteiger partial charge is 0.435 e. The maximum atomic E-state index is 6.05. The summed E-state index contributed by atoms with van der Waals surface area (Å²) in [6, 6.07) is 3.85. The van der Waals surface area contributed by atoms with Gasteiger partial charge in [0.25, 0.3) is 0 Å². The van der Waals surface area contributed by atoms with Crippen LogP contribution in [0.25, 0.3) is 10.2 Å². The van der Waals surface area contributed by atoms with Crippen LogP contribution in [0.4, 0.5) is 0 Å². The molecule has 1 aliphatic rings. The summed E-state index contributed by atoms with van der Waals surface area (Å²) in [6.45, 7) is 1.95. The predicted octanol–water partition coefficient (Wildman–Crippen LogP) is 4.83. The number of thiophene rings is 1. The molecule has 3 aromatic heterocycles. The first-order valence-electron chi connectivity index (χ1n) is 7.28. The summed E-state index contributed by atoms with van der Waals surface area (Å²) in [6.07, 6.45) is 6.30. The van der Waals surface area contributed by atoms with Crippen LogP contribution in [0, 0.1) is 6.92 Å². The fourth-order valence-corrected chi connectivity index (χ4v) is 4.54. The lowest BCUT2D eigenvalue weighted by Gasteiger charge is -2.12. The Morgan fingerprint density at radius 1 is 1.18 bits per heavy atom. The van der Waals surface area contributed by atoms with E-state index in [-0.39, 0.29) is 0 Å². The maximum absolute atomic E-state index is 6.05. The molecule has 0 atom stereocenters. The average molecular weight is 376 g/mol. The van der Waals surface area contributed by atoms with Crippen molar-refractivity contribution in [3.05, 3.63) is 39.2 Å². The minimum atomic E-state index is 0.635. The van der Waals surface area contributed by atoms with Crippen LogP contribution in [0.1, 0.15) is 29.0 Å². The molecule has 1 aliphatic carbocycles. The summed E-state index contributed by atoms with van der Waals surface area (Å²) in [5.41, 5.74) is 2.32. The molecule has 0 aliphatic heterocycles. The summed E-state index contributed by atoms with van der Waals surface area (Å²) in [5, 5.41) is 1.08. The number of hydrogen-bond acceptors (Lipinski definition) is 5. The number of halogens is 1. The number of ether oxygens (including phenoxy) is 1. The molecule has 0 N–H and O–H groups in total. The molecule has 6 heteroatoms. The monoisotopic (exact) mass is 375 g/mol. The van der Waals surface area contributed by atoms with Crippen LogP contribution in [-0.4, -0.2) is 15.0 Å². The van der Waals surface area contributed by atoms with Crippen LogP contribution in [0.5, 0.6) is 11.6 Å². The molecule has 0 spiro atoms. The van der Waals surface area contributed by atoms with Crippen LogP contribution >= 0.6 is 27.3 Å². The third kappa shape index (κ3) is 2.40. The fraction of sp³-hybridized carbons (Fsp3) is 0.312. The molecule has 0 aromatic carbocycles. The standard InChI is InChI=1S/C16H14BrN3OS/c1-9-6-7-11(14(17)20-9)21-15-13-10-4-2-3-5-12(10)22-16(13)19-8-18-15/h6-8H,2-5H2,1H3. The van der Waals surface area contributed by atoms with Gasteiger partial charge in [0.1, 0.15) is 15.8 Å². The van der Waals surface area contributed by atoms with Crippen molar-refractivity contribution >= 4 is 37.5 Å². The van der Waals surface area contributed by atoms with E-state index in [1.54, 1.807) is 17.7 Å². The van der Waals surface area contributed by atoms with Gasteiger partial charge in [-0.05, 0) is 66.2 Å². The molecule has 3 heterocycles. The highest BCUT2D eigenvalue weighted by atomic mass is 79.9. The van der Waals surface area contributed by atoms with E-state index in [2.05, 4.69) is 30.9 Å². The fourth-order valence-electron chi connectivity index (χ4n) is 2.83. The Labute approximate surface area is 140 Å². The number of fused-ring (bicyclic) bond motifs is 3. The third-order valence-corrected chi connectivity index (χ3v) is 5.64. The molecule has 0 unspecified atom stereocenters. The van der Waals surface area contributed by atoms with E-state index < -0.39 is 0 Å². The van der Waals surface area contributed by atoms with Gasteiger partial charge in [0.2, 0.25) is 5.88 Å². The summed E-state index contributed by atoms with van der Waals surface area (Å²) < 4.78 is 6.75. The van der Waals surface area contributed by atoms with Gasteiger partial charge >= 0.3 is 0 Å². The summed E-state index contributed by atoms with van der Waals surface area (Å²) in [5.74, 6) is 1.32. The second-order valence-electron chi connectivity index (χ2n) is 5.41. The van der Waals surface area contributed by atoms with Gasteiger partial charge in [0.15, 0.2) is 5.75 Å². The van der Waals surface area contributed by atoms with Crippen molar-refractivity contribution in [2.75, 3.05) is 0 Å². The van der Waals surface area contributed by atoms with Gasteiger partial charge in [-0.3, -0.25) is 0 Å². The van der Waals surface area contributed by atoms with Gasteiger partial charge < -0.3 is 4.74 Å². The molecule has 112 valence electrons. The first-order valence-corrected chi connectivity index (χ1v) is 8.89. The highest BCUT2D eigenvalue weighted by molar-refractivity contribution is 9.10. The van der Waals surface area contributed by atoms with E-state index in [0.717, 1.165) is 28.8 Å². The molecule has 0 saturated heterocycles. The lowest BCUT2D eigenvalue weighted by molar-refractivity contribution is 0.461. The summed E-state index contributed by atoms with van der Waals surface area (Å²) in [4.78, 5) is 15.6. The van der Waals surface area contributed by atoms with Crippen LogP contribution in [0.3, 0.4) is 0 Å². The van der Waals surface area contributed by atoms with E-state index in [1.165, 1.54) is 23.3 Å². The second kappa shape index (κ2) is 5.59. The van der Waals surface area contributed by atoms with E-state index in [4.69, 9.17) is 4.74 Å². The molecule has 0 saturated carbocycles. The molecule has 0 amide bonds. The summed E-state index contributed by atoms with van der Waals surface area (Å²) >= 11 is 5.23. The molecule has 22 heavy (non-hydrogen) atoms. The van der Waals surface area contributed by atoms with E-state index in [1.807, 2.05) is 19.1 Å². The van der Waals surface area contributed by atoms with Crippen molar-refractivity contribution in [1.29, 1.82) is 0 Å². The number of nitrogens with zero attached hydrogens (tertiary/aromatic N) is 3. The zero-order valence-corrected chi connectivity index (χ0v) is 14.5. The predicted molar refractivity (Wildman–Crippen MR) is 90.8 cm³/mol. The first kappa shape index (κ1) is 14.1. The van der Waals surface area contributed by atoms with Crippen molar-refractivity contribution in [2.24, 2.45) is 0 Å². The molecule has 0 radical (unpaired) electrons. The number of rotatable bonds is 2. The highest BCUT2D eigenvalue weighted by Gasteiger charge is 2.21. The topological polar surface area (TPSA) is 47.9 Å². The Balaban J connectivity index is 1.83. The number of hydrogen-bond donors (Lipinski definition) is 0. The normalized spacial score (nSPS) is 14.1. The third-order valence-electron chi connectivity index (χ3n) is 3.88. The Hall–Kier alpha value is -1.53. The molecule has 3 aromatic rings. The number of aromatic nitrogens is 3. The quantitative estimate of drug-likeness (QED) is 0.601. The molecular formula is C16H14BrN3OS. The van der Waals surface area contributed by atoms with Gasteiger partial charge in [-0.2, -0.15) is 0 Å². The number of aryl methyl sites for hydroxylation is 3. The van der Waals surface area contributed by atoms with E-state index in [0.29, 0.717) is 16.2 Å². The van der Waals surface area contributed by atoms with Crippen LogP contribution in [0.2, 0.25) is 0 Å². The maximum Gasteiger partial charge on any atom is 0.231 e. The van der Waals surface area contributed by atoms with E-state index in [9.17, 15) is 0 Å². The molecule has 0 bridgehead atoms.